The zero-order chi connectivity index (χ0) is 15.9. The summed E-state index contributed by atoms with van der Waals surface area (Å²) in [5.41, 5.74) is 0. The van der Waals surface area contributed by atoms with Crippen molar-refractivity contribution in [3.8, 4) is 0 Å². The Morgan fingerprint density at radius 3 is 2.14 bits per heavy atom. The van der Waals surface area contributed by atoms with Crippen molar-refractivity contribution in [2.24, 2.45) is 5.92 Å². The van der Waals surface area contributed by atoms with Gasteiger partial charge >= 0.3 is 6.18 Å². The fraction of sp³-hybridized carbons (Fsp3) is 0.714. The average molecular weight is 304 g/mol. The average Bonchev–Trinajstić information content (AvgIpc) is 2.40. The molecule has 0 unspecified atom stereocenters. The van der Waals surface area contributed by atoms with Crippen molar-refractivity contribution in [2.75, 3.05) is 23.7 Å². The topological polar surface area (TPSA) is 49.8 Å². The van der Waals surface area contributed by atoms with Crippen LogP contribution in [-0.4, -0.2) is 23.1 Å². The van der Waals surface area contributed by atoms with Gasteiger partial charge in [-0.25, -0.2) is 9.97 Å². The molecule has 0 amide bonds. The van der Waals surface area contributed by atoms with Crippen LogP contribution in [0, 0.1) is 5.92 Å². The molecule has 1 aromatic rings. The molecule has 4 nitrogen and oxygen atoms in total. The largest absolute Gasteiger partial charge is 0.451 e. The van der Waals surface area contributed by atoms with Crippen LogP contribution in [0.2, 0.25) is 0 Å². The minimum absolute atomic E-state index is 0.200. The van der Waals surface area contributed by atoms with Crippen LogP contribution in [-0.2, 0) is 6.18 Å². The van der Waals surface area contributed by atoms with Gasteiger partial charge < -0.3 is 10.6 Å². The maximum absolute atomic E-state index is 12.8. The Bertz CT molecular complexity index is 433. The van der Waals surface area contributed by atoms with E-state index in [-0.39, 0.29) is 11.6 Å². The molecule has 1 rings (SSSR count). The second kappa shape index (κ2) is 8.05. The lowest BCUT2D eigenvalue weighted by Gasteiger charge is -2.12. The van der Waals surface area contributed by atoms with Gasteiger partial charge in [0.25, 0.3) is 0 Å². The van der Waals surface area contributed by atoms with Crippen LogP contribution < -0.4 is 10.6 Å². The third-order valence-electron chi connectivity index (χ3n) is 2.80. The van der Waals surface area contributed by atoms with E-state index in [4.69, 9.17) is 0 Å². The molecule has 7 heteroatoms. The van der Waals surface area contributed by atoms with Crippen molar-refractivity contribution >= 4 is 11.6 Å². The Morgan fingerprint density at radius 2 is 1.67 bits per heavy atom. The molecule has 1 heterocycles. The van der Waals surface area contributed by atoms with Crippen LogP contribution in [0.25, 0.3) is 0 Å². The number of hydrogen-bond acceptors (Lipinski definition) is 4. The first kappa shape index (κ1) is 17.5. The number of hydrogen-bond donors (Lipinski definition) is 2. The van der Waals surface area contributed by atoms with Crippen molar-refractivity contribution in [3.63, 3.8) is 0 Å². The van der Waals surface area contributed by atoms with Crippen molar-refractivity contribution < 1.29 is 13.2 Å². The fourth-order valence-electron chi connectivity index (χ4n) is 1.73. The molecule has 0 spiro atoms. The van der Waals surface area contributed by atoms with Gasteiger partial charge in [-0.05, 0) is 25.2 Å². The Morgan fingerprint density at radius 1 is 1.10 bits per heavy atom. The highest BCUT2D eigenvalue weighted by Gasteiger charge is 2.35. The molecule has 0 aliphatic rings. The fourth-order valence-corrected chi connectivity index (χ4v) is 1.73. The molecule has 0 saturated carbocycles. The summed E-state index contributed by atoms with van der Waals surface area (Å²) in [6, 6.07) is 1.51. The van der Waals surface area contributed by atoms with Gasteiger partial charge in [-0.1, -0.05) is 20.8 Å². The SMILES string of the molecule is CCCNc1cc(NCCCC(C)C)nc(C(F)(F)F)n1. The molecule has 0 radical (unpaired) electrons. The maximum Gasteiger partial charge on any atom is 0.451 e. The van der Waals surface area contributed by atoms with E-state index in [1.807, 2.05) is 6.92 Å². The summed E-state index contributed by atoms with van der Waals surface area (Å²) in [6.07, 6.45) is -1.83. The monoisotopic (exact) mass is 304 g/mol. The third-order valence-corrected chi connectivity index (χ3v) is 2.80. The number of halogens is 3. The Kier molecular flexibility index (Phi) is 6.71. The van der Waals surface area contributed by atoms with Gasteiger partial charge in [0.15, 0.2) is 0 Å². The number of alkyl halides is 3. The number of nitrogens with zero attached hydrogens (tertiary/aromatic N) is 2. The van der Waals surface area contributed by atoms with Gasteiger partial charge in [0.2, 0.25) is 5.82 Å². The van der Waals surface area contributed by atoms with Crippen LogP contribution in [0.5, 0.6) is 0 Å². The van der Waals surface area contributed by atoms with E-state index >= 15 is 0 Å². The van der Waals surface area contributed by atoms with E-state index in [1.54, 1.807) is 0 Å². The van der Waals surface area contributed by atoms with Crippen LogP contribution in [0.4, 0.5) is 24.8 Å². The number of rotatable bonds is 8. The van der Waals surface area contributed by atoms with Gasteiger partial charge in [0, 0.05) is 19.2 Å². The number of anilines is 2. The molecule has 0 atom stereocenters. The third kappa shape index (κ3) is 6.64. The number of nitrogens with one attached hydrogen (secondary N) is 2. The van der Waals surface area contributed by atoms with Crippen molar-refractivity contribution in [2.45, 2.75) is 46.2 Å². The molecule has 0 bridgehead atoms. The minimum Gasteiger partial charge on any atom is -0.370 e. The second-order valence-electron chi connectivity index (χ2n) is 5.35. The summed E-state index contributed by atoms with van der Waals surface area (Å²) in [7, 11) is 0. The standard InChI is InChI=1S/C14H23F3N4/c1-4-7-18-11-9-12(19-8-5-6-10(2)3)21-13(20-11)14(15,16)17/h9-10H,4-8H2,1-3H3,(H2,18,19,20,21). The van der Waals surface area contributed by atoms with Gasteiger partial charge in [-0.3, -0.25) is 0 Å². The predicted molar refractivity (Wildman–Crippen MR) is 78.4 cm³/mol. The normalized spacial score (nSPS) is 11.8. The molecule has 2 N–H and O–H groups in total. The first-order valence-corrected chi connectivity index (χ1v) is 7.27. The van der Waals surface area contributed by atoms with Crippen LogP contribution in [0.1, 0.15) is 45.9 Å². The van der Waals surface area contributed by atoms with E-state index < -0.39 is 12.0 Å². The van der Waals surface area contributed by atoms with Crippen molar-refractivity contribution in [1.82, 2.24) is 9.97 Å². The Balaban J connectivity index is 2.76. The van der Waals surface area contributed by atoms with E-state index in [0.29, 0.717) is 19.0 Å². The molecule has 0 fully saturated rings. The summed E-state index contributed by atoms with van der Waals surface area (Å²) < 4.78 is 38.4. The van der Waals surface area contributed by atoms with E-state index in [0.717, 1.165) is 19.3 Å². The molecule has 1 aromatic heterocycles. The molecule has 21 heavy (non-hydrogen) atoms. The zero-order valence-corrected chi connectivity index (χ0v) is 12.7. The highest BCUT2D eigenvalue weighted by Crippen LogP contribution is 2.28. The summed E-state index contributed by atoms with van der Waals surface area (Å²) in [4.78, 5) is 7.05. The van der Waals surface area contributed by atoms with Crippen molar-refractivity contribution in [1.29, 1.82) is 0 Å². The highest BCUT2D eigenvalue weighted by atomic mass is 19.4. The highest BCUT2D eigenvalue weighted by molar-refractivity contribution is 5.47. The van der Waals surface area contributed by atoms with Gasteiger partial charge in [0.1, 0.15) is 11.6 Å². The van der Waals surface area contributed by atoms with Crippen LogP contribution >= 0.6 is 0 Å². The van der Waals surface area contributed by atoms with E-state index in [9.17, 15) is 13.2 Å². The Labute approximate surface area is 123 Å². The molecule has 0 aliphatic heterocycles. The second-order valence-corrected chi connectivity index (χ2v) is 5.35. The summed E-state index contributed by atoms with van der Waals surface area (Å²) in [6.45, 7) is 7.32. The summed E-state index contributed by atoms with van der Waals surface area (Å²) in [5.74, 6) is -0.134. The summed E-state index contributed by atoms with van der Waals surface area (Å²) in [5, 5.41) is 5.80. The Hall–Kier alpha value is -1.53. The lowest BCUT2D eigenvalue weighted by Crippen LogP contribution is -2.16. The molecule has 0 saturated heterocycles. The van der Waals surface area contributed by atoms with Crippen LogP contribution in [0.3, 0.4) is 0 Å². The van der Waals surface area contributed by atoms with E-state index in [1.165, 1.54) is 6.07 Å². The van der Waals surface area contributed by atoms with Gasteiger partial charge in [0.05, 0.1) is 0 Å². The van der Waals surface area contributed by atoms with Crippen LogP contribution in [0.15, 0.2) is 6.07 Å². The minimum atomic E-state index is -4.54. The lowest BCUT2D eigenvalue weighted by atomic mass is 10.1. The predicted octanol–water partition coefficient (Wildman–Crippen LogP) is 4.17. The summed E-state index contributed by atoms with van der Waals surface area (Å²) >= 11 is 0. The smallest absolute Gasteiger partial charge is 0.370 e. The molecule has 120 valence electrons. The molecule has 0 aromatic carbocycles. The number of aromatic nitrogens is 2. The molecule has 0 aliphatic carbocycles. The van der Waals surface area contributed by atoms with E-state index in [2.05, 4.69) is 34.4 Å². The first-order valence-electron chi connectivity index (χ1n) is 7.27. The molecular weight excluding hydrogens is 281 g/mol. The van der Waals surface area contributed by atoms with Gasteiger partial charge in [-0.15, -0.1) is 0 Å². The molecular formula is C14H23F3N4. The first-order chi connectivity index (χ1) is 9.82. The van der Waals surface area contributed by atoms with Gasteiger partial charge in [-0.2, -0.15) is 13.2 Å². The quantitative estimate of drug-likeness (QED) is 0.708. The zero-order valence-electron chi connectivity index (χ0n) is 12.7. The maximum atomic E-state index is 12.8. The lowest BCUT2D eigenvalue weighted by molar-refractivity contribution is -0.144. The van der Waals surface area contributed by atoms with Crippen molar-refractivity contribution in [3.05, 3.63) is 11.9 Å².